The van der Waals surface area contributed by atoms with Crippen LogP contribution in [-0.2, 0) is 26.7 Å². The van der Waals surface area contributed by atoms with Gasteiger partial charge in [0.2, 0.25) is 5.91 Å². The van der Waals surface area contributed by atoms with Crippen LogP contribution in [0.1, 0.15) is 37.3 Å². The number of anilines is 1. The molecule has 3 aromatic carbocycles. The van der Waals surface area contributed by atoms with Gasteiger partial charge >= 0.3 is 0 Å². The molecule has 0 atom stereocenters. The Hall–Kier alpha value is -3.26. The van der Waals surface area contributed by atoms with E-state index >= 15 is 0 Å². The zero-order valence-corrected chi connectivity index (χ0v) is 19.5. The van der Waals surface area contributed by atoms with Crippen LogP contribution in [0.3, 0.4) is 0 Å². The molecule has 5 nitrogen and oxygen atoms in total. The Balaban J connectivity index is 1.38. The van der Waals surface area contributed by atoms with E-state index in [1.807, 2.05) is 0 Å². The Morgan fingerprint density at radius 3 is 2.21 bits per heavy atom. The van der Waals surface area contributed by atoms with Gasteiger partial charge in [0.1, 0.15) is 11.4 Å². The van der Waals surface area contributed by atoms with E-state index in [1.54, 1.807) is 49.4 Å². The van der Waals surface area contributed by atoms with Crippen molar-refractivity contribution in [2.45, 2.75) is 43.1 Å². The normalized spacial score (nSPS) is 14.8. The van der Waals surface area contributed by atoms with Crippen LogP contribution in [-0.4, -0.2) is 20.1 Å². The van der Waals surface area contributed by atoms with Crippen LogP contribution in [0.2, 0.25) is 0 Å². The highest BCUT2D eigenvalue weighted by atomic mass is 32.2. The molecule has 1 aliphatic rings. The monoisotopic (exact) mass is 485 g/mol. The zero-order valence-electron chi connectivity index (χ0n) is 18.7. The first-order chi connectivity index (χ1) is 16.2. The summed E-state index contributed by atoms with van der Waals surface area (Å²) in [5.41, 5.74) is 1.20. The molecule has 0 bridgehead atoms. The SMILES string of the molecule is CCS(=O)(=O)c1ccc(CC(=O)Nc2ccc(OC3(c4ccc(F)c(F)c4)CCC3)cc2)cc1. The van der Waals surface area contributed by atoms with Crippen LogP contribution in [0.4, 0.5) is 14.5 Å². The summed E-state index contributed by atoms with van der Waals surface area (Å²) >= 11 is 0. The molecule has 4 rings (SSSR count). The van der Waals surface area contributed by atoms with Crippen molar-refractivity contribution in [3.8, 4) is 5.75 Å². The summed E-state index contributed by atoms with van der Waals surface area (Å²) in [6, 6.07) is 17.0. The van der Waals surface area contributed by atoms with Gasteiger partial charge in [0, 0.05) is 5.69 Å². The quantitative estimate of drug-likeness (QED) is 0.464. The first kappa shape index (κ1) is 23.9. The van der Waals surface area contributed by atoms with E-state index in [4.69, 9.17) is 4.74 Å². The third-order valence-corrected chi connectivity index (χ3v) is 7.84. The number of hydrogen-bond acceptors (Lipinski definition) is 4. The van der Waals surface area contributed by atoms with Gasteiger partial charge in [0.15, 0.2) is 21.5 Å². The number of nitrogens with one attached hydrogen (secondary N) is 1. The minimum Gasteiger partial charge on any atom is -0.483 e. The van der Waals surface area contributed by atoms with Crippen LogP contribution >= 0.6 is 0 Å². The van der Waals surface area contributed by atoms with Crippen LogP contribution in [0, 0.1) is 11.6 Å². The third-order valence-electron chi connectivity index (χ3n) is 6.09. The van der Waals surface area contributed by atoms with E-state index in [-0.39, 0.29) is 23.0 Å². The van der Waals surface area contributed by atoms with Gasteiger partial charge in [-0.1, -0.05) is 25.1 Å². The molecule has 0 aliphatic heterocycles. The maximum absolute atomic E-state index is 13.7. The summed E-state index contributed by atoms with van der Waals surface area (Å²) in [6.45, 7) is 1.58. The van der Waals surface area contributed by atoms with Gasteiger partial charge in [-0.05, 0) is 78.9 Å². The van der Waals surface area contributed by atoms with Crippen molar-refractivity contribution in [1.29, 1.82) is 0 Å². The van der Waals surface area contributed by atoms with Crippen molar-refractivity contribution in [1.82, 2.24) is 0 Å². The van der Waals surface area contributed by atoms with Crippen molar-refractivity contribution in [3.63, 3.8) is 0 Å². The summed E-state index contributed by atoms with van der Waals surface area (Å²) in [5, 5.41) is 2.81. The van der Waals surface area contributed by atoms with E-state index < -0.39 is 27.1 Å². The van der Waals surface area contributed by atoms with Crippen LogP contribution in [0.5, 0.6) is 5.75 Å². The summed E-state index contributed by atoms with van der Waals surface area (Å²) in [6.07, 6.45) is 2.44. The second-order valence-electron chi connectivity index (χ2n) is 8.38. The summed E-state index contributed by atoms with van der Waals surface area (Å²) < 4.78 is 57.0. The van der Waals surface area contributed by atoms with Crippen LogP contribution < -0.4 is 10.1 Å². The lowest BCUT2D eigenvalue weighted by Crippen LogP contribution is -2.40. The Morgan fingerprint density at radius 1 is 0.971 bits per heavy atom. The molecule has 0 radical (unpaired) electrons. The van der Waals surface area contributed by atoms with Gasteiger partial charge < -0.3 is 10.1 Å². The standard InChI is InChI=1S/C26H25F2NO4S/c1-2-34(31,32)22-11-4-18(5-12-22)16-25(30)29-20-7-9-21(10-8-20)33-26(14-3-15-26)19-6-13-23(27)24(28)17-19/h4-13,17H,2-3,14-16H2,1H3,(H,29,30). The average Bonchev–Trinajstić information content (AvgIpc) is 2.79. The smallest absolute Gasteiger partial charge is 0.228 e. The number of amides is 1. The highest BCUT2D eigenvalue weighted by Gasteiger charge is 2.41. The lowest BCUT2D eigenvalue weighted by Gasteiger charge is -2.42. The molecule has 1 N–H and O–H groups in total. The fourth-order valence-electron chi connectivity index (χ4n) is 3.93. The number of benzene rings is 3. The fraction of sp³-hybridized carbons (Fsp3) is 0.269. The Labute approximate surface area is 197 Å². The van der Waals surface area contributed by atoms with E-state index in [0.29, 0.717) is 35.4 Å². The number of ether oxygens (including phenoxy) is 1. The highest BCUT2D eigenvalue weighted by molar-refractivity contribution is 7.91. The second kappa shape index (κ2) is 9.54. The fourth-order valence-corrected chi connectivity index (χ4v) is 4.81. The van der Waals surface area contributed by atoms with Crippen molar-refractivity contribution in [2.75, 3.05) is 11.1 Å². The lowest BCUT2D eigenvalue weighted by atomic mass is 9.74. The molecule has 1 aliphatic carbocycles. The number of carbonyl (C=O) groups excluding carboxylic acids is 1. The van der Waals surface area contributed by atoms with Gasteiger partial charge in [0.25, 0.3) is 0 Å². The van der Waals surface area contributed by atoms with Crippen molar-refractivity contribution < 1.29 is 26.7 Å². The first-order valence-corrected chi connectivity index (χ1v) is 12.7. The minimum absolute atomic E-state index is 0.0223. The van der Waals surface area contributed by atoms with Crippen molar-refractivity contribution >= 4 is 21.4 Å². The van der Waals surface area contributed by atoms with Gasteiger partial charge in [-0.2, -0.15) is 0 Å². The van der Waals surface area contributed by atoms with Gasteiger partial charge in [-0.15, -0.1) is 0 Å². The van der Waals surface area contributed by atoms with Gasteiger partial charge in [0.05, 0.1) is 17.1 Å². The molecule has 8 heteroatoms. The number of hydrogen-bond donors (Lipinski definition) is 1. The first-order valence-electron chi connectivity index (χ1n) is 11.1. The number of sulfone groups is 1. The average molecular weight is 486 g/mol. The maximum Gasteiger partial charge on any atom is 0.228 e. The van der Waals surface area contributed by atoms with E-state index in [0.717, 1.165) is 12.5 Å². The summed E-state index contributed by atoms with van der Waals surface area (Å²) in [4.78, 5) is 12.6. The Kier molecular flexibility index (Phi) is 6.70. The van der Waals surface area contributed by atoms with E-state index in [1.165, 1.54) is 18.2 Å². The molecule has 0 spiro atoms. The van der Waals surface area contributed by atoms with E-state index in [9.17, 15) is 22.0 Å². The molecular formula is C26H25F2NO4S. The predicted octanol–water partition coefficient (Wildman–Crippen LogP) is 5.40. The minimum atomic E-state index is -3.28. The molecule has 1 amide bonds. The van der Waals surface area contributed by atoms with Gasteiger partial charge in [-0.3, -0.25) is 4.79 Å². The molecule has 1 fully saturated rings. The molecular weight excluding hydrogens is 460 g/mol. The predicted molar refractivity (Wildman–Crippen MR) is 125 cm³/mol. The Morgan fingerprint density at radius 2 is 1.65 bits per heavy atom. The third kappa shape index (κ3) is 5.12. The molecule has 0 unspecified atom stereocenters. The Bertz CT molecular complexity index is 1290. The number of carbonyl (C=O) groups is 1. The molecule has 1 saturated carbocycles. The molecule has 0 heterocycles. The molecule has 0 aromatic heterocycles. The van der Waals surface area contributed by atoms with Crippen LogP contribution in [0.15, 0.2) is 71.6 Å². The van der Waals surface area contributed by atoms with E-state index in [2.05, 4.69) is 5.32 Å². The number of halogens is 2. The molecule has 34 heavy (non-hydrogen) atoms. The van der Waals surface area contributed by atoms with Crippen LogP contribution in [0.25, 0.3) is 0 Å². The molecule has 3 aromatic rings. The molecule has 178 valence electrons. The lowest BCUT2D eigenvalue weighted by molar-refractivity contribution is -0.115. The zero-order chi connectivity index (χ0) is 24.3. The second-order valence-corrected chi connectivity index (χ2v) is 10.7. The topological polar surface area (TPSA) is 72.5 Å². The van der Waals surface area contributed by atoms with Crippen molar-refractivity contribution in [3.05, 3.63) is 89.5 Å². The maximum atomic E-state index is 13.7. The van der Waals surface area contributed by atoms with Gasteiger partial charge in [-0.25, -0.2) is 17.2 Å². The highest BCUT2D eigenvalue weighted by Crippen LogP contribution is 2.45. The van der Waals surface area contributed by atoms with Crippen molar-refractivity contribution in [2.24, 2.45) is 0 Å². The largest absolute Gasteiger partial charge is 0.483 e. The summed E-state index contributed by atoms with van der Waals surface area (Å²) in [5.74, 6) is -1.44. The number of rotatable bonds is 8. The summed E-state index contributed by atoms with van der Waals surface area (Å²) in [7, 11) is -3.28. The molecule has 0 saturated heterocycles.